The van der Waals surface area contributed by atoms with Crippen molar-refractivity contribution in [2.45, 2.75) is 32.1 Å². The molecule has 0 unspecified atom stereocenters. The third kappa shape index (κ3) is 8.86. The lowest BCUT2D eigenvalue weighted by atomic mass is 9.78. The van der Waals surface area contributed by atoms with E-state index in [0.717, 1.165) is 17.4 Å². The molecular weight excluding hydrogens is 490 g/mol. The van der Waals surface area contributed by atoms with Gasteiger partial charge >= 0.3 is 0 Å². The smallest absolute Gasteiger partial charge is 0.292 e. The number of hydrogen-bond donors (Lipinski definition) is 2. The Kier molecular flexibility index (Phi) is 11.4. The second-order valence-electron chi connectivity index (χ2n) is 8.88. The molecule has 0 bridgehead atoms. The third-order valence-corrected chi connectivity index (χ3v) is 6.17. The van der Waals surface area contributed by atoms with Gasteiger partial charge in [-0.25, -0.2) is 0 Å². The van der Waals surface area contributed by atoms with Crippen LogP contribution in [-0.2, 0) is 5.41 Å². The van der Waals surface area contributed by atoms with E-state index in [9.17, 15) is 5.11 Å². The Balaban J connectivity index is 0.000000253. The lowest BCUT2D eigenvalue weighted by molar-refractivity contribution is 0.474. The molecule has 0 aliphatic rings. The number of nitriles is 3. The minimum absolute atomic E-state index is 0.0328. The fourth-order valence-electron chi connectivity index (χ4n) is 3.85. The van der Waals surface area contributed by atoms with Crippen molar-refractivity contribution in [1.82, 2.24) is 0 Å². The highest BCUT2D eigenvalue weighted by Gasteiger charge is 2.22. The van der Waals surface area contributed by atoms with Gasteiger partial charge in [-0.1, -0.05) is 87.5 Å². The standard InChI is InChI=1S/C16H12N2O2.C15H16O.CHNO/c1-12(13-2-6-15(7-3-13)19-10-17)14-4-8-16(9-5-14)20-11-18;1-15(2,12-6-4-3-5-7-12)13-8-10-14(16)11-9-13;2-1-3/h2-9,12H,1H3;3-11,16H,1-2H3;3H. The van der Waals surface area contributed by atoms with Crippen LogP contribution in [0.2, 0.25) is 0 Å². The number of benzene rings is 4. The van der Waals surface area contributed by atoms with Crippen molar-refractivity contribution < 1.29 is 19.7 Å². The fourth-order valence-corrected chi connectivity index (χ4v) is 3.85. The molecule has 0 fully saturated rings. The van der Waals surface area contributed by atoms with Gasteiger partial charge in [-0.05, 0) is 58.7 Å². The van der Waals surface area contributed by atoms with Crippen LogP contribution in [0.25, 0.3) is 0 Å². The van der Waals surface area contributed by atoms with E-state index in [4.69, 9.17) is 30.4 Å². The number of rotatable bonds is 6. The molecule has 39 heavy (non-hydrogen) atoms. The maximum atomic E-state index is 9.29. The summed E-state index contributed by atoms with van der Waals surface area (Å²) in [6.07, 6.45) is 4.03. The Morgan fingerprint density at radius 2 is 1.03 bits per heavy atom. The zero-order chi connectivity index (χ0) is 28.7. The van der Waals surface area contributed by atoms with E-state index in [-0.39, 0.29) is 11.3 Å². The van der Waals surface area contributed by atoms with Crippen LogP contribution in [0.5, 0.6) is 17.2 Å². The predicted octanol–water partition coefficient (Wildman–Crippen LogP) is 7.12. The highest BCUT2D eigenvalue weighted by Crippen LogP contribution is 2.32. The molecule has 4 aromatic rings. The van der Waals surface area contributed by atoms with Gasteiger partial charge in [0.2, 0.25) is 0 Å². The lowest BCUT2D eigenvalue weighted by Gasteiger charge is -2.26. The highest BCUT2D eigenvalue weighted by atomic mass is 16.5. The van der Waals surface area contributed by atoms with Crippen molar-refractivity contribution in [1.29, 1.82) is 15.8 Å². The number of aromatic hydroxyl groups is 1. The Hall–Kier alpha value is -5.45. The zero-order valence-electron chi connectivity index (χ0n) is 21.9. The summed E-state index contributed by atoms with van der Waals surface area (Å²) in [5, 5.41) is 39.9. The Morgan fingerprint density at radius 3 is 1.41 bits per heavy atom. The van der Waals surface area contributed by atoms with Gasteiger partial charge in [0.25, 0.3) is 18.8 Å². The van der Waals surface area contributed by atoms with E-state index in [2.05, 4.69) is 45.0 Å². The van der Waals surface area contributed by atoms with Gasteiger partial charge in [0.15, 0.2) is 0 Å². The monoisotopic (exact) mass is 519 g/mol. The molecule has 0 aliphatic heterocycles. The Bertz CT molecular complexity index is 1350. The van der Waals surface area contributed by atoms with E-state index >= 15 is 0 Å². The molecule has 7 heteroatoms. The number of hydrogen-bond acceptors (Lipinski definition) is 7. The summed E-state index contributed by atoms with van der Waals surface area (Å²) in [6.45, 7) is 6.46. The van der Waals surface area contributed by atoms with Crippen LogP contribution in [0.1, 0.15) is 48.9 Å². The molecule has 4 aromatic carbocycles. The molecule has 0 saturated carbocycles. The largest absolute Gasteiger partial charge is 0.508 e. The van der Waals surface area contributed by atoms with E-state index in [1.807, 2.05) is 42.5 Å². The molecule has 2 N–H and O–H groups in total. The molecule has 0 atom stereocenters. The molecule has 4 rings (SSSR count). The van der Waals surface area contributed by atoms with Gasteiger partial charge in [0, 0.05) is 11.3 Å². The number of aliphatic hydroxyl groups excluding tert-OH is 1. The van der Waals surface area contributed by atoms with Crippen LogP contribution in [0, 0.1) is 34.6 Å². The van der Waals surface area contributed by atoms with Gasteiger partial charge in [0.1, 0.15) is 17.2 Å². The first-order chi connectivity index (χ1) is 18.8. The minimum Gasteiger partial charge on any atom is -0.508 e. The second kappa shape index (κ2) is 15.0. The molecular formula is C32H29N3O4. The van der Waals surface area contributed by atoms with Crippen LogP contribution in [0.3, 0.4) is 0 Å². The van der Waals surface area contributed by atoms with E-state index in [0.29, 0.717) is 17.2 Å². The van der Waals surface area contributed by atoms with E-state index in [1.165, 1.54) is 11.1 Å². The molecule has 0 aliphatic carbocycles. The van der Waals surface area contributed by atoms with Crippen molar-refractivity contribution in [3.63, 3.8) is 0 Å². The predicted molar refractivity (Wildman–Crippen MR) is 147 cm³/mol. The van der Waals surface area contributed by atoms with Crippen LogP contribution in [0.4, 0.5) is 0 Å². The van der Waals surface area contributed by atoms with Gasteiger partial charge in [0.05, 0.1) is 0 Å². The SMILES string of the molecule is CC(C)(c1ccccc1)c1ccc(O)cc1.CC(c1ccc(OC#N)cc1)c1ccc(OC#N)cc1.N#CO. The molecule has 0 aromatic heterocycles. The zero-order valence-corrected chi connectivity index (χ0v) is 21.9. The molecule has 0 heterocycles. The topological polar surface area (TPSA) is 130 Å². The molecule has 0 radical (unpaired) electrons. The van der Waals surface area contributed by atoms with Crippen molar-refractivity contribution in [2.24, 2.45) is 0 Å². The normalized spacial score (nSPS) is 9.77. The first-order valence-corrected chi connectivity index (χ1v) is 12.0. The van der Waals surface area contributed by atoms with Crippen LogP contribution < -0.4 is 9.47 Å². The number of nitrogens with zero attached hydrogens (tertiary/aromatic N) is 3. The first-order valence-electron chi connectivity index (χ1n) is 12.0. The summed E-state index contributed by atoms with van der Waals surface area (Å²) in [5.74, 6) is 1.57. The maximum Gasteiger partial charge on any atom is 0.292 e. The molecule has 0 spiro atoms. The fraction of sp³-hybridized carbons (Fsp3) is 0.156. The van der Waals surface area contributed by atoms with E-state index < -0.39 is 0 Å². The number of phenolic OH excluding ortho intramolecular Hbond substituents is 1. The quantitative estimate of drug-likeness (QED) is 0.259. The summed E-state index contributed by atoms with van der Waals surface area (Å²) in [4.78, 5) is 0. The Labute approximate surface area is 229 Å². The van der Waals surface area contributed by atoms with Crippen LogP contribution in [0.15, 0.2) is 103 Å². The van der Waals surface area contributed by atoms with Gasteiger partial charge in [-0.2, -0.15) is 5.26 Å². The summed E-state index contributed by atoms with van der Waals surface area (Å²) >= 11 is 0. The average Bonchev–Trinajstić information content (AvgIpc) is 2.95. The lowest BCUT2D eigenvalue weighted by Crippen LogP contribution is -2.18. The van der Waals surface area contributed by atoms with Crippen molar-refractivity contribution in [3.8, 4) is 36.0 Å². The molecule has 7 nitrogen and oxygen atoms in total. The van der Waals surface area contributed by atoms with Crippen LogP contribution in [-0.4, -0.2) is 10.2 Å². The Morgan fingerprint density at radius 1 is 0.641 bits per heavy atom. The average molecular weight is 520 g/mol. The first kappa shape index (κ1) is 29.8. The third-order valence-electron chi connectivity index (χ3n) is 6.17. The van der Waals surface area contributed by atoms with Gasteiger partial charge < -0.3 is 19.7 Å². The van der Waals surface area contributed by atoms with Crippen molar-refractivity contribution >= 4 is 0 Å². The second-order valence-corrected chi connectivity index (χ2v) is 8.88. The van der Waals surface area contributed by atoms with Crippen molar-refractivity contribution in [2.75, 3.05) is 0 Å². The number of aliphatic hydroxyl groups is 1. The summed E-state index contributed by atoms with van der Waals surface area (Å²) in [7, 11) is 0. The molecule has 0 saturated heterocycles. The van der Waals surface area contributed by atoms with Crippen LogP contribution >= 0.6 is 0 Å². The molecule has 196 valence electrons. The maximum absolute atomic E-state index is 9.29. The van der Waals surface area contributed by atoms with Gasteiger partial charge in [-0.3, -0.25) is 0 Å². The number of ether oxygens (including phenoxy) is 2. The number of phenols is 1. The summed E-state index contributed by atoms with van der Waals surface area (Å²) in [5.41, 5.74) is 4.68. The molecule has 0 amide bonds. The highest BCUT2D eigenvalue weighted by molar-refractivity contribution is 5.40. The summed E-state index contributed by atoms with van der Waals surface area (Å²) < 4.78 is 9.49. The summed E-state index contributed by atoms with van der Waals surface area (Å²) in [6, 6.07) is 32.6. The van der Waals surface area contributed by atoms with Crippen molar-refractivity contribution in [3.05, 3.63) is 125 Å². The van der Waals surface area contributed by atoms with Gasteiger partial charge in [-0.15, -0.1) is 10.5 Å². The minimum atomic E-state index is -0.0328. The van der Waals surface area contributed by atoms with E-state index in [1.54, 1.807) is 48.9 Å².